The third kappa shape index (κ3) is 64.9. The first-order valence-corrected chi connectivity index (χ1v) is 35.8. The van der Waals surface area contributed by atoms with Crippen LogP contribution in [0.15, 0.2) is 60.8 Å². The van der Waals surface area contributed by atoms with E-state index < -0.39 is 26.5 Å². The number of phosphoric ester groups is 1. The van der Waals surface area contributed by atoms with E-state index in [0.29, 0.717) is 6.42 Å². The van der Waals surface area contributed by atoms with Gasteiger partial charge in [-0.15, -0.1) is 0 Å². The van der Waals surface area contributed by atoms with E-state index in [4.69, 9.17) is 24.3 Å². The molecule has 3 N–H and O–H groups in total. The summed E-state index contributed by atoms with van der Waals surface area (Å²) in [4.78, 5) is 35.3. The van der Waals surface area contributed by atoms with Crippen molar-refractivity contribution in [3.05, 3.63) is 60.8 Å². The smallest absolute Gasteiger partial charge is 0.462 e. The summed E-state index contributed by atoms with van der Waals surface area (Å²) in [7, 11) is -4.39. The molecule has 0 aliphatic rings. The normalized spacial score (nSPS) is 13.3. The first kappa shape index (κ1) is 77.7. The van der Waals surface area contributed by atoms with Gasteiger partial charge in [0.25, 0.3) is 0 Å². The zero-order chi connectivity index (χ0) is 58.0. The molecule has 0 radical (unpaired) electrons. The van der Waals surface area contributed by atoms with Crippen molar-refractivity contribution in [2.75, 3.05) is 26.4 Å². The summed E-state index contributed by atoms with van der Waals surface area (Å²) in [6, 6.07) is 0. The van der Waals surface area contributed by atoms with Crippen molar-refractivity contribution >= 4 is 19.8 Å². The molecule has 0 aliphatic carbocycles. The van der Waals surface area contributed by atoms with Gasteiger partial charge in [0.05, 0.1) is 13.2 Å². The molecule has 2 unspecified atom stereocenters. The number of carbonyl (C=O) groups excluding carboxylic acids is 2. The number of carbonyl (C=O) groups is 2. The maximum atomic E-state index is 12.8. The van der Waals surface area contributed by atoms with Crippen LogP contribution in [-0.2, 0) is 32.7 Å². The quantitative estimate of drug-likeness (QED) is 0.0264. The highest BCUT2D eigenvalue weighted by molar-refractivity contribution is 7.47. The molecule has 0 aromatic carbocycles. The van der Waals surface area contributed by atoms with Crippen LogP contribution >= 0.6 is 7.82 Å². The van der Waals surface area contributed by atoms with Gasteiger partial charge in [0.1, 0.15) is 6.61 Å². The fourth-order valence-corrected chi connectivity index (χ4v) is 10.9. The molecule has 9 nitrogen and oxygen atoms in total. The minimum Gasteiger partial charge on any atom is -0.462 e. The van der Waals surface area contributed by atoms with Crippen LogP contribution in [0.3, 0.4) is 0 Å². The lowest BCUT2D eigenvalue weighted by Crippen LogP contribution is -2.29. The molecule has 0 heterocycles. The van der Waals surface area contributed by atoms with Crippen molar-refractivity contribution in [2.45, 2.75) is 347 Å². The minimum absolute atomic E-state index is 0.0555. The van der Waals surface area contributed by atoms with Gasteiger partial charge in [0, 0.05) is 19.4 Å². The monoisotopic (exact) mass is 1140 g/mol. The van der Waals surface area contributed by atoms with Crippen LogP contribution in [0.25, 0.3) is 0 Å². The zero-order valence-electron chi connectivity index (χ0n) is 52.6. The van der Waals surface area contributed by atoms with E-state index in [1.54, 1.807) is 0 Å². The summed E-state index contributed by atoms with van der Waals surface area (Å²) in [5.41, 5.74) is 5.40. The number of hydrogen-bond donors (Lipinski definition) is 2. The summed E-state index contributed by atoms with van der Waals surface area (Å²) >= 11 is 0. The highest BCUT2D eigenvalue weighted by Gasteiger charge is 2.26. The number of rotatable bonds is 65. The van der Waals surface area contributed by atoms with Crippen molar-refractivity contribution < 1.29 is 37.6 Å². The van der Waals surface area contributed by atoms with E-state index in [9.17, 15) is 19.0 Å². The SMILES string of the molecule is CC/C=C\C/C=C\C/C=C\C/C=C\C/C=C\CCCCCCCCCCCCCCCCCCCCCCCC(=O)OC(COC(=O)CCCCCCCCCCCCCCCCCCCCCCCC)COP(=O)(O)OCCN. The molecule has 10 heteroatoms. The fourth-order valence-electron chi connectivity index (χ4n) is 10.1. The maximum Gasteiger partial charge on any atom is 0.472 e. The van der Waals surface area contributed by atoms with E-state index in [2.05, 4.69) is 74.6 Å². The largest absolute Gasteiger partial charge is 0.472 e. The van der Waals surface area contributed by atoms with Crippen LogP contribution in [0.5, 0.6) is 0 Å². The van der Waals surface area contributed by atoms with Crippen LogP contribution in [0.1, 0.15) is 341 Å². The zero-order valence-corrected chi connectivity index (χ0v) is 53.5. The van der Waals surface area contributed by atoms with E-state index in [1.807, 2.05) is 0 Å². The molecule has 0 fully saturated rings. The molecule has 80 heavy (non-hydrogen) atoms. The molecule has 0 spiro atoms. The molecule has 0 aromatic rings. The second-order valence-corrected chi connectivity index (χ2v) is 24.5. The Balaban J connectivity index is 3.81. The van der Waals surface area contributed by atoms with Crippen molar-refractivity contribution in [3.63, 3.8) is 0 Å². The Hall–Kier alpha value is -2.29. The third-order valence-corrected chi connectivity index (χ3v) is 16.2. The lowest BCUT2D eigenvalue weighted by atomic mass is 10.0. The number of nitrogens with two attached hydrogens (primary N) is 1. The second-order valence-electron chi connectivity index (χ2n) is 23.0. The van der Waals surface area contributed by atoms with Crippen LogP contribution in [0.2, 0.25) is 0 Å². The number of phosphoric acid groups is 1. The van der Waals surface area contributed by atoms with E-state index in [0.717, 1.165) is 64.2 Å². The maximum absolute atomic E-state index is 12.8. The molecule has 0 saturated carbocycles. The van der Waals surface area contributed by atoms with Gasteiger partial charge >= 0.3 is 19.8 Å². The van der Waals surface area contributed by atoms with Crippen molar-refractivity contribution in [3.8, 4) is 0 Å². The Morgan fingerprint density at radius 2 is 0.688 bits per heavy atom. The van der Waals surface area contributed by atoms with Gasteiger partial charge in [0.2, 0.25) is 0 Å². The molecule has 0 bridgehead atoms. The Labute approximate surface area is 495 Å². The van der Waals surface area contributed by atoms with E-state index in [-0.39, 0.29) is 38.6 Å². The Morgan fingerprint density at radius 3 is 1.02 bits per heavy atom. The van der Waals surface area contributed by atoms with Crippen molar-refractivity contribution in [2.24, 2.45) is 5.73 Å². The number of ether oxygens (including phenoxy) is 2. The third-order valence-electron chi connectivity index (χ3n) is 15.2. The predicted octanol–water partition coefficient (Wildman–Crippen LogP) is 22.2. The molecule has 0 rings (SSSR count). The number of unbranched alkanes of at least 4 members (excludes halogenated alkanes) is 42. The molecule has 0 aliphatic heterocycles. The highest BCUT2D eigenvalue weighted by atomic mass is 31.2. The van der Waals surface area contributed by atoms with Gasteiger partial charge in [-0.25, -0.2) is 4.57 Å². The first-order valence-electron chi connectivity index (χ1n) is 34.3. The fraction of sp³-hybridized carbons (Fsp3) is 0.829. The molecule has 0 amide bonds. The van der Waals surface area contributed by atoms with Crippen molar-refractivity contribution in [1.29, 1.82) is 0 Å². The summed E-state index contributed by atoms with van der Waals surface area (Å²) in [6.45, 7) is 3.70. The summed E-state index contributed by atoms with van der Waals surface area (Å²) < 4.78 is 33.2. The van der Waals surface area contributed by atoms with Crippen LogP contribution < -0.4 is 5.73 Å². The summed E-state index contributed by atoms with van der Waals surface area (Å²) in [5.74, 6) is -0.807. The van der Waals surface area contributed by atoms with Gasteiger partial charge in [-0.2, -0.15) is 0 Å². The average molecular weight is 1140 g/mol. The number of allylic oxidation sites excluding steroid dienone is 10. The molecule has 468 valence electrons. The van der Waals surface area contributed by atoms with Crippen LogP contribution in [-0.4, -0.2) is 49.3 Å². The lowest BCUT2D eigenvalue weighted by Gasteiger charge is -2.19. The topological polar surface area (TPSA) is 134 Å². The molecular formula is C70H130NO8P. The predicted molar refractivity (Wildman–Crippen MR) is 344 cm³/mol. The van der Waals surface area contributed by atoms with E-state index in [1.165, 1.54) is 244 Å². The average Bonchev–Trinajstić information content (AvgIpc) is 3.45. The number of esters is 2. The second kappa shape index (κ2) is 65.9. The summed E-state index contributed by atoms with van der Waals surface area (Å²) in [6.07, 6.45) is 84.6. The molecule has 0 saturated heterocycles. The lowest BCUT2D eigenvalue weighted by molar-refractivity contribution is -0.161. The molecule has 0 aromatic heterocycles. The van der Waals surface area contributed by atoms with Gasteiger partial charge in [0.15, 0.2) is 6.10 Å². The van der Waals surface area contributed by atoms with Gasteiger partial charge < -0.3 is 20.1 Å². The standard InChI is InChI=1S/C70H130NO8P/c1-3-5-7-9-11-13-15-17-19-21-23-25-27-28-29-30-31-32-33-34-35-36-37-38-39-40-41-43-45-47-49-51-53-55-57-59-61-63-70(73)79-68(67-78-80(74,75)77-65-64-71)66-76-69(72)62-60-58-56-54-52-50-48-46-44-42-26-24-22-20-18-16-14-12-10-8-6-4-2/h5,7,11,13,17,19,23,25,28-29,68H,3-4,6,8-10,12,14-16,18,20-22,24,26-27,30-67,71H2,1-2H3,(H,74,75)/b7-5-,13-11-,19-17-,25-23-,29-28-. The van der Waals surface area contributed by atoms with Gasteiger partial charge in [-0.3, -0.25) is 18.6 Å². The van der Waals surface area contributed by atoms with E-state index >= 15 is 0 Å². The van der Waals surface area contributed by atoms with Gasteiger partial charge in [-0.1, -0.05) is 331 Å². The van der Waals surface area contributed by atoms with Crippen molar-refractivity contribution in [1.82, 2.24) is 0 Å². The Morgan fingerprint density at radius 1 is 0.388 bits per heavy atom. The molecule has 2 atom stereocenters. The van der Waals surface area contributed by atoms with Gasteiger partial charge in [-0.05, 0) is 57.8 Å². The highest BCUT2D eigenvalue weighted by Crippen LogP contribution is 2.43. The Bertz CT molecular complexity index is 1490. The Kier molecular flexibility index (Phi) is 64.0. The molecular weight excluding hydrogens is 1010 g/mol. The van der Waals surface area contributed by atoms with Crippen LogP contribution in [0, 0.1) is 0 Å². The number of hydrogen-bond acceptors (Lipinski definition) is 8. The first-order chi connectivity index (χ1) is 39.3. The van der Waals surface area contributed by atoms with Crippen LogP contribution in [0.4, 0.5) is 0 Å². The minimum atomic E-state index is -4.39. The summed E-state index contributed by atoms with van der Waals surface area (Å²) in [5, 5.41) is 0.